The van der Waals surface area contributed by atoms with Crippen molar-refractivity contribution in [1.82, 2.24) is 5.32 Å². The molecule has 1 fully saturated rings. The lowest BCUT2D eigenvalue weighted by Gasteiger charge is -2.18. The summed E-state index contributed by atoms with van der Waals surface area (Å²) in [6, 6.07) is 4.82. The molecule has 0 spiro atoms. The SMILES string of the molecule is Cc1cccc(C(=O)NCC2CCCC2CO)c1F. The highest BCUT2D eigenvalue weighted by atomic mass is 19.1. The lowest BCUT2D eigenvalue weighted by molar-refractivity contribution is 0.0933. The van der Waals surface area contributed by atoms with Crippen molar-refractivity contribution in [2.45, 2.75) is 26.2 Å². The van der Waals surface area contributed by atoms with E-state index in [4.69, 9.17) is 0 Å². The number of aliphatic hydroxyl groups excluding tert-OH is 1. The van der Waals surface area contributed by atoms with Crippen LogP contribution in [-0.2, 0) is 0 Å². The molecule has 1 aromatic rings. The van der Waals surface area contributed by atoms with Crippen LogP contribution in [0, 0.1) is 24.6 Å². The van der Waals surface area contributed by atoms with E-state index in [0.717, 1.165) is 19.3 Å². The Morgan fingerprint density at radius 1 is 1.42 bits per heavy atom. The zero-order chi connectivity index (χ0) is 13.8. The smallest absolute Gasteiger partial charge is 0.254 e. The molecule has 2 rings (SSSR count). The molecule has 2 atom stereocenters. The van der Waals surface area contributed by atoms with E-state index in [0.29, 0.717) is 18.0 Å². The predicted octanol–water partition coefficient (Wildman–Crippen LogP) is 2.27. The first kappa shape index (κ1) is 14.0. The van der Waals surface area contributed by atoms with Gasteiger partial charge in [0, 0.05) is 13.2 Å². The zero-order valence-corrected chi connectivity index (χ0v) is 11.2. The standard InChI is InChI=1S/C15H20FNO2/c1-10-4-2-7-13(14(10)16)15(19)17-8-11-5-3-6-12(11)9-18/h2,4,7,11-12,18H,3,5-6,8-9H2,1H3,(H,17,19). The zero-order valence-electron chi connectivity index (χ0n) is 11.2. The fourth-order valence-corrected chi connectivity index (χ4v) is 2.76. The Kier molecular flexibility index (Phi) is 4.53. The Hall–Kier alpha value is -1.42. The summed E-state index contributed by atoms with van der Waals surface area (Å²) in [5.74, 6) is -0.251. The Labute approximate surface area is 112 Å². The third-order valence-electron chi connectivity index (χ3n) is 4.01. The second-order valence-electron chi connectivity index (χ2n) is 5.28. The fourth-order valence-electron chi connectivity index (χ4n) is 2.76. The summed E-state index contributed by atoms with van der Waals surface area (Å²) in [6.45, 7) is 2.32. The van der Waals surface area contributed by atoms with E-state index in [9.17, 15) is 14.3 Å². The predicted molar refractivity (Wildman–Crippen MR) is 71.4 cm³/mol. The quantitative estimate of drug-likeness (QED) is 0.877. The highest BCUT2D eigenvalue weighted by Crippen LogP contribution is 2.30. The number of nitrogens with one attached hydrogen (secondary N) is 1. The van der Waals surface area contributed by atoms with E-state index in [1.807, 2.05) is 0 Å². The van der Waals surface area contributed by atoms with Gasteiger partial charge in [-0.1, -0.05) is 18.6 Å². The average Bonchev–Trinajstić information content (AvgIpc) is 2.86. The van der Waals surface area contributed by atoms with Crippen LogP contribution in [0.4, 0.5) is 4.39 Å². The summed E-state index contributed by atoms with van der Waals surface area (Å²) in [7, 11) is 0. The monoisotopic (exact) mass is 265 g/mol. The van der Waals surface area contributed by atoms with Gasteiger partial charge in [0.2, 0.25) is 0 Å². The summed E-state index contributed by atoms with van der Waals surface area (Å²) in [5, 5.41) is 12.0. The highest BCUT2D eigenvalue weighted by molar-refractivity contribution is 5.94. The van der Waals surface area contributed by atoms with Crippen molar-refractivity contribution in [3.8, 4) is 0 Å². The second-order valence-corrected chi connectivity index (χ2v) is 5.28. The van der Waals surface area contributed by atoms with Crippen molar-refractivity contribution in [3.63, 3.8) is 0 Å². The van der Waals surface area contributed by atoms with Crippen molar-refractivity contribution < 1.29 is 14.3 Å². The molecule has 19 heavy (non-hydrogen) atoms. The molecular formula is C15H20FNO2. The molecule has 4 heteroatoms. The number of amides is 1. The van der Waals surface area contributed by atoms with Gasteiger partial charge in [0.15, 0.2) is 0 Å². The molecule has 0 heterocycles. The summed E-state index contributed by atoms with van der Waals surface area (Å²) >= 11 is 0. The largest absolute Gasteiger partial charge is 0.396 e. The van der Waals surface area contributed by atoms with Crippen LogP contribution in [0.2, 0.25) is 0 Å². The minimum Gasteiger partial charge on any atom is -0.396 e. The average molecular weight is 265 g/mol. The van der Waals surface area contributed by atoms with Crippen LogP contribution in [0.15, 0.2) is 18.2 Å². The number of rotatable bonds is 4. The van der Waals surface area contributed by atoms with Gasteiger partial charge in [0.25, 0.3) is 5.91 Å². The molecule has 1 saturated carbocycles. The maximum Gasteiger partial charge on any atom is 0.254 e. The van der Waals surface area contributed by atoms with Gasteiger partial charge >= 0.3 is 0 Å². The van der Waals surface area contributed by atoms with Crippen molar-refractivity contribution in [3.05, 3.63) is 35.1 Å². The molecule has 1 aliphatic carbocycles. The molecule has 1 aliphatic rings. The number of halogens is 1. The second kappa shape index (κ2) is 6.15. The number of carbonyl (C=O) groups is 1. The molecule has 1 aromatic carbocycles. The molecular weight excluding hydrogens is 245 g/mol. The molecule has 104 valence electrons. The molecule has 2 unspecified atom stereocenters. The maximum absolute atomic E-state index is 13.8. The molecule has 1 amide bonds. The van der Waals surface area contributed by atoms with E-state index in [2.05, 4.69) is 5.32 Å². The van der Waals surface area contributed by atoms with Gasteiger partial charge in [-0.25, -0.2) is 4.39 Å². The Balaban J connectivity index is 1.96. The van der Waals surface area contributed by atoms with Crippen LogP contribution >= 0.6 is 0 Å². The third-order valence-corrected chi connectivity index (χ3v) is 4.01. The van der Waals surface area contributed by atoms with Crippen LogP contribution in [-0.4, -0.2) is 24.2 Å². The summed E-state index contributed by atoms with van der Waals surface area (Å²) < 4.78 is 13.8. The van der Waals surface area contributed by atoms with Gasteiger partial charge in [0.05, 0.1) is 5.56 Å². The van der Waals surface area contributed by atoms with Gasteiger partial charge in [0.1, 0.15) is 5.82 Å². The maximum atomic E-state index is 13.8. The summed E-state index contributed by atoms with van der Waals surface area (Å²) in [4.78, 5) is 12.0. The van der Waals surface area contributed by atoms with Gasteiger partial charge in [-0.3, -0.25) is 4.79 Å². The van der Waals surface area contributed by atoms with E-state index in [1.54, 1.807) is 19.1 Å². The molecule has 0 bridgehead atoms. The topological polar surface area (TPSA) is 49.3 Å². The fraction of sp³-hybridized carbons (Fsp3) is 0.533. The molecule has 0 aromatic heterocycles. The molecule has 0 aliphatic heterocycles. The van der Waals surface area contributed by atoms with Crippen LogP contribution < -0.4 is 5.32 Å². The van der Waals surface area contributed by atoms with Crippen molar-refractivity contribution in [1.29, 1.82) is 0 Å². The summed E-state index contributed by atoms with van der Waals surface area (Å²) in [5.41, 5.74) is 0.570. The van der Waals surface area contributed by atoms with Crippen LogP contribution in [0.25, 0.3) is 0 Å². The van der Waals surface area contributed by atoms with Crippen LogP contribution in [0.5, 0.6) is 0 Å². The van der Waals surface area contributed by atoms with E-state index < -0.39 is 5.82 Å². The first-order valence-electron chi connectivity index (χ1n) is 6.77. The van der Waals surface area contributed by atoms with Gasteiger partial charge in [-0.2, -0.15) is 0 Å². The highest BCUT2D eigenvalue weighted by Gasteiger charge is 2.27. The molecule has 0 radical (unpaired) electrons. The molecule has 3 nitrogen and oxygen atoms in total. The number of hydrogen-bond acceptors (Lipinski definition) is 2. The normalized spacial score (nSPS) is 22.5. The van der Waals surface area contributed by atoms with Gasteiger partial charge in [-0.05, 0) is 43.2 Å². The van der Waals surface area contributed by atoms with Gasteiger partial charge < -0.3 is 10.4 Å². The summed E-state index contributed by atoms with van der Waals surface area (Å²) in [6.07, 6.45) is 3.11. The Morgan fingerprint density at radius 3 is 2.89 bits per heavy atom. The minimum absolute atomic E-state index is 0.0959. The molecule has 2 N–H and O–H groups in total. The van der Waals surface area contributed by atoms with Crippen molar-refractivity contribution >= 4 is 5.91 Å². The van der Waals surface area contributed by atoms with E-state index >= 15 is 0 Å². The lowest BCUT2D eigenvalue weighted by atomic mass is 9.97. The Morgan fingerprint density at radius 2 is 2.16 bits per heavy atom. The molecule has 0 saturated heterocycles. The van der Waals surface area contributed by atoms with E-state index in [1.165, 1.54) is 6.07 Å². The first-order chi connectivity index (χ1) is 9.13. The third kappa shape index (κ3) is 3.13. The number of aryl methyl sites for hydroxylation is 1. The first-order valence-corrected chi connectivity index (χ1v) is 6.77. The Bertz CT molecular complexity index is 461. The van der Waals surface area contributed by atoms with Crippen molar-refractivity contribution in [2.24, 2.45) is 11.8 Å². The number of hydrogen-bond donors (Lipinski definition) is 2. The number of benzene rings is 1. The van der Waals surface area contributed by atoms with Crippen LogP contribution in [0.1, 0.15) is 35.2 Å². The lowest BCUT2D eigenvalue weighted by Crippen LogP contribution is -2.32. The van der Waals surface area contributed by atoms with Gasteiger partial charge in [-0.15, -0.1) is 0 Å². The number of aliphatic hydroxyl groups is 1. The number of carbonyl (C=O) groups excluding carboxylic acids is 1. The van der Waals surface area contributed by atoms with E-state index in [-0.39, 0.29) is 24.0 Å². The minimum atomic E-state index is -0.454. The van der Waals surface area contributed by atoms with Crippen LogP contribution in [0.3, 0.4) is 0 Å². The van der Waals surface area contributed by atoms with Crippen molar-refractivity contribution in [2.75, 3.05) is 13.2 Å².